The minimum Gasteiger partial charge on any atom is -0.487 e. The van der Waals surface area contributed by atoms with Crippen LogP contribution in [-0.2, 0) is 6.54 Å². The number of benzene rings is 1. The Hall–Kier alpha value is -1.67. The third-order valence-electron chi connectivity index (χ3n) is 3.37. The van der Waals surface area contributed by atoms with E-state index in [9.17, 15) is 8.78 Å². The Balaban J connectivity index is 2.07. The number of nitrogens with zero attached hydrogens (tertiary/aromatic N) is 1. The van der Waals surface area contributed by atoms with Gasteiger partial charge in [-0.25, -0.2) is 8.78 Å². The fourth-order valence-electron chi connectivity index (χ4n) is 2.00. The molecule has 1 N–H and O–H groups in total. The van der Waals surface area contributed by atoms with Crippen molar-refractivity contribution in [2.75, 3.05) is 13.7 Å². The predicted octanol–water partition coefficient (Wildman–Crippen LogP) is 2.76. The molecule has 0 heterocycles. The highest BCUT2D eigenvalue weighted by Gasteiger charge is 2.43. The van der Waals surface area contributed by atoms with E-state index in [1.807, 2.05) is 0 Å². The van der Waals surface area contributed by atoms with E-state index in [0.717, 1.165) is 12.8 Å². The van der Waals surface area contributed by atoms with Crippen LogP contribution in [0.1, 0.15) is 24.8 Å². The standard InChI is InChI=1S/C14H16F2N2O/c1-18-8-10-6-11(15)13(12(16)7-10)19-9-14(2-3-14)4-5-17/h6-7,18H,2-4,8-9H2,1H3. The summed E-state index contributed by atoms with van der Waals surface area (Å²) >= 11 is 0. The molecule has 19 heavy (non-hydrogen) atoms. The van der Waals surface area contributed by atoms with E-state index in [-0.39, 0.29) is 17.8 Å². The summed E-state index contributed by atoms with van der Waals surface area (Å²) in [5, 5.41) is 11.5. The first kappa shape index (κ1) is 13.8. The zero-order valence-electron chi connectivity index (χ0n) is 10.8. The number of nitrogens with one attached hydrogen (secondary N) is 1. The van der Waals surface area contributed by atoms with Gasteiger partial charge in [0, 0.05) is 18.4 Å². The zero-order valence-corrected chi connectivity index (χ0v) is 10.8. The van der Waals surface area contributed by atoms with E-state index in [1.54, 1.807) is 7.05 Å². The minimum absolute atomic E-state index is 0.194. The maximum atomic E-state index is 13.8. The molecule has 2 rings (SSSR count). The van der Waals surface area contributed by atoms with Crippen LogP contribution in [0.2, 0.25) is 0 Å². The van der Waals surface area contributed by atoms with Crippen LogP contribution < -0.4 is 10.1 Å². The van der Waals surface area contributed by atoms with Gasteiger partial charge in [-0.1, -0.05) is 0 Å². The summed E-state index contributed by atoms with van der Waals surface area (Å²) < 4.78 is 32.8. The highest BCUT2D eigenvalue weighted by Crippen LogP contribution is 2.48. The molecule has 0 saturated heterocycles. The van der Waals surface area contributed by atoms with E-state index in [1.165, 1.54) is 12.1 Å². The van der Waals surface area contributed by atoms with Crippen molar-refractivity contribution >= 4 is 0 Å². The first-order valence-corrected chi connectivity index (χ1v) is 6.22. The quantitative estimate of drug-likeness (QED) is 0.861. The van der Waals surface area contributed by atoms with Crippen LogP contribution in [0, 0.1) is 28.4 Å². The molecule has 1 aromatic rings. The largest absolute Gasteiger partial charge is 0.487 e. The summed E-state index contributed by atoms with van der Waals surface area (Å²) in [5.41, 5.74) is 0.333. The van der Waals surface area contributed by atoms with Crippen LogP contribution in [0.5, 0.6) is 5.75 Å². The van der Waals surface area contributed by atoms with E-state index in [2.05, 4.69) is 11.4 Å². The lowest BCUT2D eigenvalue weighted by Crippen LogP contribution is -2.14. The van der Waals surface area contributed by atoms with E-state index in [0.29, 0.717) is 18.5 Å². The van der Waals surface area contributed by atoms with Gasteiger partial charge in [-0.3, -0.25) is 0 Å². The molecule has 0 unspecified atom stereocenters. The van der Waals surface area contributed by atoms with Crippen LogP contribution in [0.4, 0.5) is 8.78 Å². The van der Waals surface area contributed by atoms with Crippen molar-refractivity contribution in [3.63, 3.8) is 0 Å². The highest BCUT2D eigenvalue weighted by molar-refractivity contribution is 5.31. The second-order valence-electron chi connectivity index (χ2n) is 5.04. The Bertz CT molecular complexity index is 484. The van der Waals surface area contributed by atoms with Gasteiger partial charge in [0.2, 0.25) is 0 Å². The van der Waals surface area contributed by atoms with Crippen molar-refractivity contribution in [1.29, 1.82) is 5.26 Å². The molecule has 0 bridgehead atoms. The highest BCUT2D eigenvalue weighted by atomic mass is 19.1. The number of hydrogen-bond donors (Lipinski definition) is 1. The van der Waals surface area contributed by atoms with E-state index in [4.69, 9.17) is 10.00 Å². The first-order chi connectivity index (χ1) is 9.10. The van der Waals surface area contributed by atoms with Gasteiger partial charge in [0.1, 0.15) is 0 Å². The maximum absolute atomic E-state index is 13.8. The lowest BCUT2D eigenvalue weighted by atomic mass is 10.1. The fraction of sp³-hybridized carbons (Fsp3) is 0.500. The molecule has 1 fully saturated rings. The molecular formula is C14H16F2N2O. The number of halogens is 2. The third-order valence-corrected chi connectivity index (χ3v) is 3.37. The second kappa shape index (κ2) is 5.54. The molecule has 1 aliphatic carbocycles. The van der Waals surface area contributed by atoms with Crippen molar-refractivity contribution in [1.82, 2.24) is 5.32 Å². The molecule has 0 atom stereocenters. The van der Waals surface area contributed by atoms with Crippen LogP contribution in [0.15, 0.2) is 12.1 Å². The van der Waals surface area contributed by atoms with Crippen molar-refractivity contribution in [2.24, 2.45) is 5.41 Å². The Morgan fingerprint density at radius 2 is 2.00 bits per heavy atom. The van der Waals surface area contributed by atoms with E-state index < -0.39 is 11.6 Å². The average Bonchev–Trinajstić information content (AvgIpc) is 3.09. The summed E-state index contributed by atoms with van der Waals surface area (Å²) in [6, 6.07) is 4.61. The van der Waals surface area contributed by atoms with Crippen molar-refractivity contribution in [3.8, 4) is 11.8 Å². The third kappa shape index (κ3) is 3.21. The number of rotatable bonds is 6. The molecular weight excluding hydrogens is 250 g/mol. The van der Waals surface area contributed by atoms with Gasteiger partial charge in [-0.05, 0) is 37.6 Å². The lowest BCUT2D eigenvalue weighted by Gasteiger charge is -2.14. The van der Waals surface area contributed by atoms with Gasteiger partial charge in [0.05, 0.1) is 12.7 Å². The summed E-state index contributed by atoms with van der Waals surface area (Å²) in [6.07, 6.45) is 2.12. The molecule has 0 amide bonds. The van der Waals surface area contributed by atoms with Crippen molar-refractivity contribution in [3.05, 3.63) is 29.3 Å². The molecule has 3 nitrogen and oxygen atoms in total. The van der Waals surface area contributed by atoms with Gasteiger partial charge in [-0.15, -0.1) is 0 Å². The Morgan fingerprint density at radius 1 is 1.37 bits per heavy atom. The van der Waals surface area contributed by atoms with Crippen LogP contribution in [-0.4, -0.2) is 13.7 Å². The molecule has 5 heteroatoms. The lowest BCUT2D eigenvalue weighted by molar-refractivity contribution is 0.218. The van der Waals surface area contributed by atoms with Gasteiger partial charge in [-0.2, -0.15) is 5.26 Å². The Kier molecular flexibility index (Phi) is 4.01. The number of nitriles is 1. The summed E-state index contributed by atoms with van der Waals surface area (Å²) in [6.45, 7) is 0.590. The normalized spacial score (nSPS) is 15.9. The monoisotopic (exact) mass is 266 g/mol. The van der Waals surface area contributed by atoms with Crippen molar-refractivity contribution < 1.29 is 13.5 Å². The average molecular weight is 266 g/mol. The van der Waals surface area contributed by atoms with Crippen LogP contribution >= 0.6 is 0 Å². The van der Waals surface area contributed by atoms with E-state index >= 15 is 0 Å². The Morgan fingerprint density at radius 3 is 2.47 bits per heavy atom. The molecule has 0 radical (unpaired) electrons. The van der Waals surface area contributed by atoms with Gasteiger partial charge in [0.15, 0.2) is 17.4 Å². The predicted molar refractivity (Wildman–Crippen MR) is 66.5 cm³/mol. The second-order valence-corrected chi connectivity index (χ2v) is 5.04. The Labute approximate surface area is 111 Å². The number of ether oxygens (including phenoxy) is 1. The molecule has 0 aromatic heterocycles. The molecule has 1 aromatic carbocycles. The van der Waals surface area contributed by atoms with Crippen molar-refractivity contribution in [2.45, 2.75) is 25.8 Å². The van der Waals surface area contributed by atoms with Gasteiger partial charge >= 0.3 is 0 Å². The smallest absolute Gasteiger partial charge is 0.190 e. The molecule has 1 saturated carbocycles. The summed E-state index contributed by atoms with van der Waals surface area (Å²) in [5.74, 6) is -1.74. The minimum atomic E-state index is -0.696. The fourth-order valence-corrected chi connectivity index (χ4v) is 2.00. The molecule has 0 spiro atoms. The van der Waals surface area contributed by atoms with Gasteiger partial charge < -0.3 is 10.1 Å². The topological polar surface area (TPSA) is 45.0 Å². The first-order valence-electron chi connectivity index (χ1n) is 6.22. The van der Waals surface area contributed by atoms with Crippen LogP contribution in [0.25, 0.3) is 0 Å². The molecule has 0 aliphatic heterocycles. The zero-order chi connectivity index (χ0) is 13.9. The van der Waals surface area contributed by atoms with Crippen LogP contribution in [0.3, 0.4) is 0 Å². The maximum Gasteiger partial charge on any atom is 0.190 e. The SMILES string of the molecule is CNCc1cc(F)c(OCC2(CC#N)CC2)c(F)c1. The molecule has 1 aliphatic rings. The van der Waals surface area contributed by atoms with Gasteiger partial charge in [0.25, 0.3) is 0 Å². The summed E-state index contributed by atoms with van der Waals surface area (Å²) in [7, 11) is 1.71. The summed E-state index contributed by atoms with van der Waals surface area (Å²) in [4.78, 5) is 0. The molecule has 102 valence electrons. The number of hydrogen-bond acceptors (Lipinski definition) is 3.